The van der Waals surface area contributed by atoms with Crippen LogP contribution in [0.15, 0.2) is 58.3 Å². The summed E-state index contributed by atoms with van der Waals surface area (Å²) in [6.45, 7) is 3.22. The predicted molar refractivity (Wildman–Crippen MR) is 128 cm³/mol. The van der Waals surface area contributed by atoms with Crippen LogP contribution in [0.3, 0.4) is 0 Å². The fraction of sp³-hybridized carbons (Fsp3) is 0.261. The molecule has 0 bridgehead atoms. The van der Waals surface area contributed by atoms with E-state index in [0.29, 0.717) is 29.5 Å². The highest BCUT2D eigenvalue weighted by molar-refractivity contribution is 6.33. The van der Waals surface area contributed by atoms with Crippen molar-refractivity contribution in [1.82, 2.24) is 19.3 Å². The number of imidazole rings is 1. The molecule has 4 aromatic rings. The second kappa shape index (κ2) is 8.15. The van der Waals surface area contributed by atoms with Gasteiger partial charge in [0, 0.05) is 24.2 Å². The Balaban J connectivity index is 1.39. The van der Waals surface area contributed by atoms with Crippen LogP contribution in [0.25, 0.3) is 16.7 Å². The van der Waals surface area contributed by atoms with Gasteiger partial charge in [0.1, 0.15) is 5.02 Å². The number of hydrogen-bond acceptors (Lipinski definition) is 4. The van der Waals surface area contributed by atoms with E-state index in [4.69, 9.17) is 23.2 Å². The second-order valence-corrected chi connectivity index (χ2v) is 8.81. The van der Waals surface area contributed by atoms with E-state index in [9.17, 15) is 9.59 Å². The second-order valence-electron chi connectivity index (χ2n) is 8.03. The summed E-state index contributed by atoms with van der Waals surface area (Å²) in [7, 11) is 0. The fourth-order valence-electron chi connectivity index (χ4n) is 4.34. The summed E-state index contributed by atoms with van der Waals surface area (Å²) in [5.74, 6) is 0. The molecule has 3 heterocycles. The average molecular weight is 470 g/mol. The summed E-state index contributed by atoms with van der Waals surface area (Å²) in [6, 6.07) is 13.1. The standard InChI is InChI=1S/C23H21Cl2N5O2/c1-14-6-7-16(12-17(14)24)30-22(31)21(25)20(13-26-30)28-10-8-15(9-11-28)29-19-5-3-2-4-18(19)27-23(29)32/h2-7,12-13,15H,8-11H2,1H3,(H,27,32). The predicted octanol–water partition coefficient (Wildman–Crippen LogP) is 4.33. The van der Waals surface area contributed by atoms with E-state index in [1.807, 2.05) is 41.8 Å². The van der Waals surface area contributed by atoms with Crippen molar-refractivity contribution in [3.05, 3.63) is 85.1 Å². The summed E-state index contributed by atoms with van der Waals surface area (Å²) in [6.07, 6.45) is 3.14. The molecule has 0 saturated carbocycles. The van der Waals surface area contributed by atoms with Crippen LogP contribution in [0.4, 0.5) is 5.69 Å². The molecule has 1 fully saturated rings. The van der Waals surface area contributed by atoms with Crippen LogP contribution >= 0.6 is 23.2 Å². The van der Waals surface area contributed by atoms with E-state index in [-0.39, 0.29) is 22.3 Å². The molecule has 1 N–H and O–H groups in total. The summed E-state index contributed by atoms with van der Waals surface area (Å²) in [5.41, 5.74) is 3.36. The molecule has 7 nitrogen and oxygen atoms in total. The zero-order valence-electron chi connectivity index (χ0n) is 17.4. The SMILES string of the molecule is Cc1ccc(-n2ncc(N3CCC(n4c(=O)[nH]c5ccccc54)CC3)c(Cl)c2=O)cc1Cl. The van der Waals surface area contributed by atoms with Crippen LogP contribution in [0.2, 0.25) is 10.0 Å². The number of hydrogen-bond donors (Lipinski definition) is 1. The summed E-state index contributed by atoms with van der Waals surface area (Å²) in [4.78, 5) is 30.4. The molecule has 1 saturated heterocycles. The zero-order chi connectivity index (χ0) is 22.4. The van der Waals surface area contributed by atoms with Gasteiger partial charge in [0.05, 0.1) is 28.6 Å². The highest BCUT2D eigenvalue weighted by Crippen LogP contribution is 2.30. The molecular weight excluding hydrogens is 449 g/mol. The van der Waals surface area contributed by atoms with Crippen molar-refractivity contribution in [2.45, 2.75) is 25.8 Å². The van der Waals surface area contributed by atoms with Crippen molar-refractivity contribution in [3.63, 3.8) is 0 Å². The lowest BCUT2D eigenvalue weighted by Gasteiger charge is -2.34. The molecular formula is C23H21Cl2N5O2. The number of benzene rings is 2. The van der Waals surface area contributed by atoms with Gasteiger partial charge < -0.3 is 9.88 Å². The number of nitrogens with one attached hydrogen (secondary N) is 1. The number of rotatable bonds is 3. The quantitative estimate of drug-likeness (QED) is 0.484. The Morgan fingerprint density at radius 3 is 2.56 bits per heavy atom. The van der Waals surface area contributed by atoms with Gasteiger partial charge in [-0.1, -0.05) is 41.4 Å². The number of aromatic nitrogens is 4. The molecule has 5 rings (SSSR count). The van der Waals surface area contributed by atoms with Crippen LogP contribution in [-0.2, 0) is 0 Å². The van der Waals surface area contributed by atoms with Gasteiger partial charge in [-0.15, -0.1) is 0 Å². The van der Waals surface area contributed by atoms with Crippen LogP contribution in [0.5, 0.6) is 0 Å². The molecule has 2 aromatic heterocycles. The van der Waals surface area contributed by atoms with Crippen molar-refractivity contribution in [3.8, 4) is 5.69 Å². The molecule has 1 aliphatic rings. The molecule has 0 radical (unpaired) electrons. The zero-order valence-corrected chi connectivity index (χ0v) is 18.9. The van der Waals surface area contributed by atoms with Gasteiger partial charge in [-0.3, -0.25) is 9.36 Å². The van der Waals surface area contributed by atoms with Crippen LogP contribution in [0, 0.1) is 6.92 Å². The normalized spacial score (nSPS) is 14.9. The Hall–Kier alpha value is -3.03. The number of aryl methyl sites for hydroxylation is 1. The van der Waals surface area contributed by atoms with Crippen LogP contribution in [-0.4, -0.2) is 32.4 Å². The van der Waals surface area contributed by atoms with Crippen molar-refractivity contribution in [2.24, 2.45) is 0 Å². The average Bonchev–Trinajstić information content (AvgIpc) is 3.13. The smallest absolute Gasteiger partial charge is 0.326 e. The number of H-pyrrole nitrogens is 1. The lowest BCUT2D eigenvalue weighted by Crippen LogP contribution is -2.38. The van der Waals surface area contributed by atoms with Gasteiger partial charge >= 0.3 is 5.69 Å². The Bertz CT molecular complexity index is 1430. The van der Waals surface area contributed by atoms with E-state index in [0.717, 1.165) is 29.4 Å². The third-order valence-corrected chi connectivity index (χ3v) is 6.86. The maximum absolute atomic E-state index is 12.9. The number of anilines is 1. The summed E-state index contributed by atoms with van der Waals surface area (Å²) >= 11 is 12.7. The number of aromatic amines is 1. The first-order valence-corrected chi connectivity index (χ1v) is 11.2. The van der Waals surface area contributed by atoms with Gasteiger partial charge in [-0.25, -0.2) is 4.79 Å². The Morgan fingerprint density at radius 1 is 1.06 bits per heavy atom. The fourth-order valence-corrected chi connectivity index (χ4v) is 4.77. The monoisotopic (exact) mass is 469 g/mol. The minimum atomic E-state index is -0.390. The van der Waals surface area contributed by atoms with Crippen molar-refractivity contribution < 1.29 is 0 Å². The van der Waals surface area contributed by atoms with E-state index < -0.39 is 0 Å². The van der Waals surface area contributed by atoms with E-state index >= 15 is 0 Å². The summed E-state index contributed by atoms with van der Waals surface area (Å²) in [5, 5.41) is 5.02. The van der Waals surface area contributed by atoms with E-state index in [1.165, 1.54) is 4.68 Å². The number of fused-ring (bicyclic) bond motifs is 1. The highest BCUT2D eigenvalue weighted by atomic mass is 35.5. The summed E-state index contributed by atoms with van der Waals surface area (Å²) < 4.78 is 3.10. The van der Waals surface area contributed by atoms with Crippen molar-refractivity contribution in [1.29, 1.82) is 0 Å². The van der Waals surface area contributed by atoms with Crippen molar-refractivity contribution in [2.75, 3.05) is 18.0 Å². The lowest BCUT2D eigenvalue weighted by molar-refractivity contribution is 0.396. The highest BCUT2D eigenvalue weighted by Gasteiger charge is 2.26. The first-order valence-electron chi connectivity index (χ1n) is 10.4. The van der Waals surface area contributed by atoms with Crippen molar-refractivity contribution >= 4 is 39.9 Å². The lowest BCUT2D eigenvalue weighted by atomic mass is 10.0. The molecule has 0 atom stereocenters. The minimum absolute atomic E-state index is 0.0803. The molecule has 164 valence electrons. The molecule has 1 aliphatic heterocycles. The van der Waals surface area contributed by atoms with Crippen LogP contribution < -0.4 is 16.1 Å². The molecule has 0 amide bonds. The number of halogens is 2. The Morgan fingerprint density at radius 2 is 1.81 bits per heavy atom. The van der Waals surface area contributed by atoms with E-state index in [2.05, 4.69) is 15.0 Å². The molecule has 0 spiro atoms. The van der Waals surface area contributed by atoms with Gasteiger partial charge in [0.25, 0.3) is 5.56 Å². The first kappa shape index (κ1) is 20.8. The third kappa shape index (κ3) is 3.51. The number of para-hydroxylation sites is 2. The molecule has 0 unspecified atom stereocenters. The maximum atomic E-state index is 12.9. The molecule has 0 aliphatic carbocycles. The maximum Gasteiger partial charge on any atom is 0.326 e. The Kier molecular flexibility index (Phi) is 5.31. The largest absolute Gasteiger partial charge is 0.369 e. The van der Waals surface area contributed by atoms with Gasteiger partial charge in [-0.05, 0) is 49.6 Å². The Labute approximate surface area is 193 Å². The third-order valence-electron chi connectivity index (χ3n) is 6.09. The number of nitrogens with zero attached hydrogens (tertiary/aromatic N) is 4. The van der Waals surface area contributed by atoms with Gasteiger partial charge in [0.2, 0.25) is 0 Å². The minimum Gasteiger partial charge on any atom is -0.369 e. The van der Waals surface area contributed by atoms with Gasteiger partial charge in [-0.2, -0.15) is 9.78 Å². The van der Waals surface area contributed by atoms with Crippen LogP contribution in [0.1, 0.15) is 24.4 Å². The van der Waals surface area contributed by atoms with E-state index in [1.54, 1.807) is 18.3 Å². The molecule has 2 aromatic carbocycles. The van der Waals surface area contributed by atoms with Gasteiger partial charge in [0.15, 0.2) is 0 Å². The topological polar surface area (TPSA) is 75.9 Å². The molecule has 9 heteroatoms. The molecule has 32 heavy (non-hydrogen) atoms. The number of piperidine rings is 1. The first-order chi connectivity index (χ1) is 15.4.